The van der Waals surface area contributed by atoms with Gasteiger partial charge in [-0.05, 0) is 31.2 Å². The number of anilines is 2. The van der Waals surface area contributed by atoms with Crippen LogP contribution < -0.4 is 11.1 Å². The maximum atomic E-state index is 12.4. The predicted octanol–water partition coefficient (Wildman–Crippen LogP) is 4.20. The van der Waals surface area contributed by atoms with Gasteiger partial charge in [-0.1, -0.05) is 22.0 Å². The van der Waals surface area contributed by atoms with Crippen molar-refractivity contribution in [3.05, 3.63) is 51.6 Å². The molecule has 2 heterocycles. The Morgan fingerprint density at radius 3 is 2.86 bits per heavy atom. The number of amides is 1. The highest BCUT2D eigenvalue weighted by Gasteiger charge is 2.16. The third kappa shape index (κ3) is 2.77. The molecule has 1 amide bonds. The van der Waals surface area contributed by atoms with E-state index in [-0.39, 0.29) is 5.91 Å². The number of rotatable bonds is 2. The smallest absolute Gasteiger partial charge is 0.267 e. The summed E-state index contributed by atoms with van der Waals surface area (Å²) in [5.41, 5.74) is 8.16. The second kappa shape index (κ2) is 5.46. The highest BCUT2D eigenvalue weighted by molar-refractivity contribution is 9.10. The summed E-state index contributed by atoms with van der Waals surface area (Å²) in [5.74, 6) is -0.213. The van der Waals surface area contributed by atoms with E-state index in [1.165, 1.54) is 11.3 Å². The van der Waals surface area contributed by atoms with Crippen LogP contribution in [0.2, 0.25) is 0 Å². The summed E-state index contributed by atoms with van der Waals surface area (Å²) in [5, 5.41) is 3.72. The molecule has 6 heteroatoms. The van der Waals surface area contributed by atoms with Crippen LogP contribution in [-0.2, 0) is 0 Å². The molecule has 3 N–H and O–H groups in total. The topological polar surface area (TPSA) is 68.0 Å². The third-order valence-electron chi connectivity index (χ3n) is 3.07. The maximum Gasteiger partial charge on any atom is 0.267 e. The van der Waals surface area contributed by atoms with Crippen molar-refractivity contribution in [2.24, 2.45) is 0 Å². The number of fused-ring (bicyclic) bond motifs is 1. The lowest BCUT2D eigenvalue weighted by molar-refractivity contribution is 0.103. The van der Waals surface area contributed by atoms with Gasteiger partial charge in [-0.2, -0.15) is 0 Å². The Labute approximate surface area is 134 Å². The largest absolute Gasteiger partial charge is 0.397 e. The molecule has 3 aromatic rings. The number of nitrogens with two attached hydrogens (primary N) is 1. The van der Waals surface area contributed by atoms with Crippen molar-refractivity contribution < 1.29 is 4.79 Å². The molecule has 0 bridgehead atoms. The van der Waals surface area contributed by atoms with Crippen LogP contribution in [0.5, 0.6) is 0 Å². The average Bonchev–Trinajstić information content (AvgIpc) is 2.78. The van der Waals surface area contributed by atoms with Gasteiger partial charge >= 0.3 is 0 Å². The molecule has 0 aliphatic carbocycles. The van der Waals surface area contributed by atoms with E-state index in [0.717, 1.165) is 20.3 Å². The Bertz CT molecular complexity index is 827. The summed E-state index contributed by atoms with van der Waals surface area (Å²) < 4.78 is 1.94. The third-order valence-corrected chi connectivity index (χ3v) is 4.73. The van der Waals surface area contributed by atoms with Gasteiger partial charge in [-0.15, -0.1) is 11.3 Å². The Morgan fingerprint density at radius 2 is 2.14 bits per heavy atom. The van der Waals surface area contributed by atoms with E-state index in [1.54, 1.807) is 6.20 Å². The van der Waals surface area contributed by atoms with Gasteiger partial charge in [-0.25, -0.2) is 0 Å². The molecule has 0 radical (unpaired) electrons. The minimum Gasteiger partial charge on any atom is -0.397 e. The summed E-state index contributed by atoms with van der Waals surface area (Å²) in [6, 6.07) is 9.45. The maximum absolute atomic E-state index is 12.4. The molecular weight excluding hydrogens is 350 g/mol. The van der Waals surface area contributed by atoms with Gasteiger partial charge < -0.3 is 11.1 Å². The lowest BCUT2D eigenvalue weighted by Crippen LogP contribution is -2.12. The summed E-state index contributed by atoms with van der Waals surface area (Å²) >= 11 is 4.80. The second-order valence-corrected chi connectivity index (χ2v) is 6.60. The number of pyridine rings is 1. The number of hydrogen-bond acceptors (Lipinski definition) is 4. The number of thiophene rings is 1. The van der Waals surface area contributed by atoms with E-state index >= 15 is 0 Å². The fraction of sp³-hybridized carbons (Fsp3) is 0.0667. The predicted molar refractivity (Wildman–Crippen MR) is 90.9 cm³/mol. The van der Waals surface area contributed by atoms with Gasteiger partial charge in [0.2, 0.25) is 0 Å². The zero-order valence-electron chi connectivity index (χ0n) is 11.2. The van der Waals surface area contributed by atoms with Crippen LogP contribution in [0, 0.1) is 6.92 Å². The number of aromatic nitrogens is 1. The van der Waals surface area contributed by atoms with E-state index in [0.29, 0.717) is 16.3 Å². The number of carbonyl (C=O) groups excluding carboxylic acids is 1. The molecule has 0 fully saturated rings. The highest BCUT2D eigenvalue weighted by atomic mass is 79.9. The molecule has 2 aromatic heterocycles. The van der Waals surface area contributed by atoms with Gasteiger partial charge in [0.25, 0.3) is 5.91 Å². The molecule has 21 heavy (non-hydrogen) atoms. The molecule has 106 valence electrons. The average molecular weight is 362 g/mol. The van der Waals surface area contributed by atoms with Crippen molar-refractivity contribution in [1.29, 1.82) is 0 Å². The van der Waals surface area contributed by atoms with E-state index in [1.807, 2.05) is 37.3 Å². The number of benzene rings is 1. The number of halogens is 1. The second-order valence-electron chi connectivity index (χ2n) is 4.63. The van der Waals surface area contributed by atoms with Crippen molar-refractivity contribution >= 4 is 54.6 Å². The Balaban J connectivity index is 1.94. The first-order chi connectivity index (χ1) is 10.0. The molecular formula is C15H12BrN3OS. The Hall–Kier alpha value is -1.92. The van der Waals surface area contributed by atoms with Crippen LogP contribution in [0.15, 0.2) is 41.0 Å². The van der Waals surface area contributed by atoms with Crippen molar-refractivity contribution in [3.8, 4) is 0 Å². The molecule has 0 saturated heterocycles. The molecule has 0 aliphatic rings. The first-order valence-electron chi connectivity index (χ1n) is 6.26. The van der Waals surface area contributed by atoms with Crippen LogP contribution in [0.4, 0.5) is 11.4 Å². The standard InChI is InChI=1S/C15H12BrN3OS/c1-8-2-4-10(7-18-8)19-15(20)14-13(17)11-5-3-9(16)6-12(11)21-14/h2-7H,17H2,1H3,(H,19,20). The Kier molecular flexibility index (Phi) is 3.65. The molecule has 4 nitrogen and oxygen atoms in total. The normalized spacial score (nSPS) is 10.8. The zero-order valence-corrected chi connectivity index (χ0v) is 13.6. The number of carbonyl (C=O) groups is 1. The van der Waals surface area contributed by atoms with Crippen molar-refractivity contribution in [2.75, 3.05) is 11.1 Å². The SMILES string of the molecule is Cc1ccc(NC(=O)c2sc3cc(Br)ccc3c2N)cn1. The van der Waals surface area contributed by atoms with Gasteiger partial charge in [0.1, 0.15) is 4.88 Å². The molecule has 0 unspecified atom stereocenters. The van der Waals surface area contributed by atoms with Gasteiger partial charge in [0, 0.05) is 20.3 Å². The van der Waals surface area contributed by atoms with Crippen molar-refractivity contribution in [1.82, 2.24) is 4.98 Å². The van der Waals surface area contributed by atoms with Gasteiger partial charge in [0.05, 0.1) is 17.6 Å². The number of hydrogen-bond donors (Lipinski definition) is 2. The first-order valence-corrected chi connectivity index (χ1v) is 7.87. The number of nitrogen functional groups attached to an aromatic ring is 1. The molecule has 0 saturated carbocycles. The summed E-state index contributed by atoms with van der Waals surface area (Å²) in [6.45, 7) is 1.90. The lowest BCUT2D eigenvalue weighted by Gasteiger charge is -2.04. The van der Waals surface area contributed by atoms with E-state index < -0.39 is 0 Å². The fourth-order valence-electron chi connectivity index (χ4n) is 1.99. The quantitative estimate of drug-likeness (QED) is 0.718. The van der Waals surface area contributed by atoms with Crippen molar-refractivity contribution in [3.63, 3.8) is 0 Å². The zero-order chi connectivity index (χ0) is 15.0. The Morgan fingerprint density at radius 1 is 1.33 bits per heavy atom. The van der Waals surface area contributed by atoms with E-state index in [9.17, 15) is 4.79 Å². The van der Waals surface area contributed by atoms with Crippen molar-refractivity contribution in [2.45, 2.75) is 6.92 Å². The van der Waals surface area contributed by atoms with Crippen LogP contribution in [0.1, 0.15) is 15.4 Å². The van der Waals surface area contributed by atoms with Crippen LogP contribution >= 0.6 is 27.3 Å². The molecule has 0 aliphatic heterocycles. The number of aryl methyl sites for hydroxylation is 1. The number of nitrogens with zero attached hydrogens (tertiary/aromatic N) is 1. The fourth-order valence-corrected chi connectivity index (χ4v) is 3.56. The summed E-state index contributed by atoms with van der Waals surface area (Å²) in [4.78, 5) is 17.0. The first kappa shape index (κ1) is 14.0. The highest BCUT2D eigenvalue weighted by Crippen LogP contribution is 2.35. The van der Waals surface area contributed by atoms with Gasteiger partial charge in [-0.3, -0.25) is 9.78 Å². The molecule has 0 spiro atoms. The van der Waals surface area contributed by atoms with Gasteiger partial charge in [0.15, 0.2) is 0 Å². The van der Waals surface area contributed by atoms with E-state index in [2.05, 4.69) is 26.2 Å². The summed E-state index contributed by atoms with van der Waals surface area (Å²) in [7, 11) is 0. The van der Waals surface area contributed by atoms with Crippen LogP contribution in [0.3, 0.4) is 0 Å². The molecule has 3 rings (SSSR count). The number of nitrogens with one attached hydrogen (secondary N) is 1. The van der Waals surface area contributed by atoms with Crippen LogP contribution in [-0.4, -0.2) is 10.9 Å². The van der Waals surface area contributed by atoms with Crippen LogP contribution in [0.25, 0.3) is 10.1 Å². The minimum absolute atomic E-state index is 0.213. The lowest BCUT2D eigenvalue weighted by atomic mass is 10.2. The summed E-state index contributed by atoms with van der Waals surface area (Å²) in [6.07, 6.45) is 1.63. The monoisotopic (exact) mass is 361 g/mol. The molecule has 0 atom stereocenters. The van der Waals surface area contributed by atoms with E-state index in [4.69, 9.17) is 5.73 Å². The molecule has 1 aromatic carbocycles. The minimum atomic E-state index is -0.213.